The number of carbonyl (C=O) groups excluding carboxylic acids is 1. The zero-order valence-corrected chi connectivity index (χ0v) is 12.6. The average molecular weight is 300 g/mol. The summed E-state index contributed by atoms with van der Waals surface area (Å²) in [5.41, 5.74) is 1.70. The van der Waals surface area contributed by atoms with Crippen molar-refractivity contribution in [2.75, 3.05) is 0 Å². The molecule has 112 valence electrons. The quantitative estimate of drug-likeness (QED) is 0.523. The summed E-state index contributed by atoms with van der Waals surface area (Å²) in [6.07, 6.45) is -0.237. The molecular weight excluding hydrogens is 284 g/mol. The third kappa shape index (κ3) is 2.28. The number of ether oxygens (including phenoxy) is 1. The summed E-state index contributed by atoms with van der Waals surface area (Å²) >= 11 is 0. The molecule has 0 aromatic heterocycles. The van der Waals surface area contributed by atoms with Crippen LogP contribution in [-0.4, -0.2) is 5.78 Å². The summed E-state index contributed by atoms with van der Waals surface area (Å²) in [4.78, 5) is 13.2. The lowest BCUT2D eigenvalue weighted by molar-refractivity contribution is 0.0871. The van der Waals surface area contributed by atoms with Gasteiger partial charge in [0.15, 0.2) is 5.60 Å². The number of hydrogen-bond acceptors (Lipinski definition) is 2. The maximum absolute atomic E-state index is 13.2. The Morgan fingerprint density at radius 1 is 0.739 bits per heavy atom. The molecule has 2 atom stereocenters. The van der Waals surface area contributed by atoms with E-state index in [0.29, 0.717) is 5.56 Å². The second kappa shape index (κ2) is 5.49. The minimum Gasteiger partial charge on any atom is -0.347 e. The van der Waals surface area contributed by atoms with Crippen molar-refractivity contribution >= 4 is 5.78 Å². The Balaban J connectivity index is 1.80. The van der Waals surface area contributed by atoms with E-state index in [1.807, 2.05) is 91.0 Å². The maximum atomic E-state index is 13.2. The Morgan fingerprint density at radius 2 is 1.26 bits per heavy atom. The Labute approximate surface area is 135 Å². The van der Waals surface area contributed by atoms with Crippen LogP contribution in [0.5, 0.6) is 0 Å². The van der Waals surface area contributed by atoms with Crippen molar-refractivity contribution in [1.82, 2.24) is 0 Å². The molecule has 0 radical (unpaired) electrons. The number of hydrogen-bond donors (Lipinski definition) is 0. The van der Waals surface area contributed by atoms with Crippen molar-refractivity contribution < 1.29 is 9.53 Å². The molecule has 0 bridgehead atoms. The summed E-state index contributed by atoms with van der Waals surface area (Å²) in [6, 6.07) is 29.0. The van der Waals surface area contributed by atoms with Gasteiger partial charge in [0.1, 0.15) is 6.10 Å². The lowest BCUT2D eigenvalue weighted by Crippen LogP contribution is -2.23. The van der Waals surface area contributed by atoms with Gasteiger partial charge in [0.05, 0.1) is 0 Å². The minimum atomic E-state index is -0.913. The van der Waals surface area contributed by atoms with Crippen LogP contribution in [-0.2, 0) is 10.3 Å². The lowest BCUT2D eigenvalue weighted by Gasteiger charge is -2.13. The molecule has 2 nitrogen and oxygen atoms in total. The largest absolute Gasteiger partial charge is 0.347 e. The van der Waals surface area contributed by atoms with Crippen molar-refractivity contribution in [2.45, 2.75) is 11.7 Å². The van der Waals surface area contributed by atoms with Crippen molar-refractivity contribution in [3.8, 4) is 0 Å². The van der Waals surface area contributed by atoms with Gasteiger partial charge in [-0.15, -0.1) is 0 Å². The van der Waals surface area contributed by atoms with E-state index in [2.05, 4.69) is 0 Å². The summed E-state index contributed by atoms with van der Waals surface area (Å²) < 4.78 is 6.04. The van der Waals surface area contributed by atoms with E-state index >= 15 is 0 Å². The van der Waals surface area contributed by atoms with Gasteiger partial charge in [-0.25, -0.2) is 0 Å². The summed E-state index contributed by atoms with van der Waals surface area (Å²) in [6.45, 7) is 0. The van der Waals surface area contributed by atoms with E-state index in [1.165, 1.54) is 0 Å². The first-order valence-corrected chi connectivity index (χ1v) is 7.70. The normalized spacial score (nSPS) is 22.5. The molecule has 1 fully saturated rings. The second-order valence-electron chi connectivity index (χ2n) is 5.71. The van der Waals surface area contributed by atoms with Gasteiger partial charge >= 0.3 is 0 Å². The average Bonchev–Trinajstić information content (AvgIpc) is 3.40. The first-order chi connectivity index (χ1) is 11.3. The first-order valence-electron chi connectivity index (χ1n) is 7.70. The van der Waals surface area contributed by atoms with Crippen LogP contribution in [0.4, 0.5) is 0 Å². The smallest absolute Gasteiger partial charge is 0.202 e. The monoisotopic (exact) mass is 300 g/mol. The maximum Gasteiger partial charge on any atom is 0.202 e. The van der Waals surface area contributed by atoms with Gasteiger partial charge in [-0.1, -0.05) is 91.0 Å². The molecular formula is C21H16O2. The molecule has 3 aromatic rings. The third-order valence-corrected chi connectivity index (χ3v) is 4.29. The Morgan fingerprint density at radius 3 is 1.87 bits per heavy atom. The number of ketones is 1. The van der Waals surface area contributed by atoms with Crippen molar-refractivity contribution in [1.29, 1.82) is 0 Å². The predicted octanol–water partition coefficient (Wildman–Crippen LogP) is 4.54. The molecule has 1 heterocycles. The zero-order chi connectivity index (χ0) is 15.7. The molecule has 1 aliphatic heterocycles. The van der Waals surface area contributed by atoms with Gasteiger partial charge in [0, 0.05) is 5.56 Å². The van der Waals surface area contributed by atoms with E-state index in [-0.39, 0.29) is 11.9 Å². The lowest BCUT2D eigenvalue weighted by atomic mass is 9.85. The molecule has 0 unspecified atom stereocenters. The molecule has 0 spiro atoms. The molecule has 23 heavy (non-hydrogen) atoms. The Kier molecular flexibility index (Phi) is 3.32. The predicted molar refractivity (Wildman–Crippen MR) is 89.2 cm³/mol. The number of epoxide rings is 1. The standard InChI is InChI=1S/C21H16O2/c22-19(16-10-4-1-5-11-16)21(18-14-8-3-9-15-18)20(23-21)17-12-6-2-7-13-17/h1-15,20H/t20-,21+/m1/s1. The summed E-state index contributed by atoms with van der Waals surface area (Å²) in [7, 11) is 0. The molecule has 0 N–H and O–H groups in total. The van der Waals surface area contributed by atoms with Gasteiger partial charge in [-0.05, 0) is 11.1 Å². The molecule has 0 aliphatic carbocycles. The van der Waals surface area contributed by atoms with Gasteiger partial charge in [-0.3, -0.25) is 4.79 Å². The minimum absolute atomic E-state index is 0.0122. The topological polar surface area (TPSA) is 29.6 Å². The van der Waals surface area contributed by atoms with Crippen LogP contribution in [0.15, 0.2) is 91.0 Å². The number of carbonyl (C=O) groups is 1. The summed E-state index contributed by atoms with van der Waals surface area (Å²) in [5.74, 6) is 0.0122. The van der Waals surface area contributed by atoms with Gasteiger partial charge in [-0.2, -0.15) is 0 Å². The van der Waals surface area contributed by atoms with Crippen LogP contribution in [0.1, 0.15) is 27.6 Å². The van der Waals surface area contributed by atoms with Crippen molar-refractivity contribution in [3.05, 3.63) is 108 Å². The van der Waals surface area contributed by atoms with Gasteiger partial charge < -0.3 is 4.74 Å². The molecule has 2 heteroatoms. The highest BCUT2D eigenvalue weighted by Gasteiger charge is 2.64. The highest BCUT2D eigenvalue weighted by atomic mass is 16.6. The fourth-order valence-electron chi connectivity index (χ4n) is 3.10. The highest BCUT2D eigenvalue weighted by molar-refractivity contribution is 6.05. The number of rotatable bonds is 4. The van der Waals surface area contributed by atoms with Crippen LogP contribution in [0, 0.1) is 0 Å². The highest BCUT2D eigenvalue weighted by Crippen LogP contribution is 2.58. The van der Waals surface area contributed by atoms with Crippen LogP contribution >= 0.6 is 0 Å². The molecule has 1 aliphatic rings. The van der Waals surface area contributed by atoms with Crippen LogP contribution in [0.2, 0.25) is 0 Å². The second-order valence-corrected chi connectivity index (χ2v) is 5.71. The van der Waals surface area contributed by atoms with Crippen molar-refractivity contribution in [2.24, 2.45) is 0 Å². The molecule has 1 saturated heterocycles. The van der Waals surface area contributed by atoms with Crippen LogP contribution in [0.3, 0.4) is 0 Å². The zero-order valence-electron chi connectivity index (χ0n) is 12.6. The molecule has 4 rings (SSSR count). The molecule has 0 saturated carbocycles. The summed E-state index contributed by atoms with van der Waals surface area (Å²) in [5, 5.41) is 0. The number of Topliss-reactive ketones (excluding diaryl/α,β-unsaturated/α-hetero) is 1. The van der Waals surface area contributed by atoms with Crippen LogP contribution in [0.25, 0.3) is 0 Å². The van der Waals surface area contributed by atoms with E-state index in [0.717, 1.165) is 11.1 Å². The van der Waals surface area contributed by atoms with E-state index < -0.39 is 5.60 Å². The molecule has 3 aromatic carbocycles. The van der Waals surface area contributed by atoms with E-state index in [4.69, 9.17) is 4.74 Å². The van der Waals surface area contributed by atoms with E-state index in [1.54, 1.807) is 0 Å². The fraction of sp³-hybridized carbons (Fsp3) is 0.0952. The van der Waals surface area contributed by atoms with E-state index in [9.17, 15) is 4.79 Å². The van der Waals surface area contributed by atoms with Gasteiger partial charge in [0.25, 0.3) is 0 Å². The first kappa shape index (κ1) is 13.9. The third-order valence-electron chi connectivity index (χ3n) is 4.29. The Bertz CT molecular complexity index is 812. The molecule has 0 amide bonds. The van der Waals surface area contributed by atoms with Crippen LogP contribution < -0.4 is 0 Å². The van der Waals surface area contributed by atoms with Gasteiger partial charge in [0.2, 0.25) is 5.78 Å². The number of benzene rings is 3. The SMILES string of the molecule is O=C(c1ccccc1)[C@]1(c2ccccc2)O[C@@H]1c1ccccc1. The fourth-order valence-corrected chi connectivity index (χ4v) is 3.10. The van der Waals surface area contributed by atoms with Crippen molar-refractivity contribution in [3.63, 3.8) is 0 Å². The Hall–Kier alpha value is -2.71.